The van der Waals surface area contributed by atoms with Gasteiger partial charge in [0.05, 0.1) is 63.5 Å². The van der Waals surface area contributed by atoms with E-state index < -0.39 is 24.2 Å². The van der Waals surface area contributed by atoms with Crippen molar-refractivity contribution in [3.05, 3.63) is 75.9 Å². The number of H-pyrrole nitrogens is 1. The van der Waals surface area contributed by atoms with Gasteiger partial charge in [-0.25, -0.2) is 19.2 Å². The van der Waals surface area contributed by atoms with E-state index >= 15 is 4.39 Å². The van der Waals surface area contributed by atoms with Crippen LogP contribution in [0.1, 0.15) is 91.8 Å². The molecule has 2 saturated heterocycles. The SMILES string of the molecule is COC(=O)NC(C(=O)N1CCCC1C1N=C(c2cc(F)c3c(c2)OC(c2cnc(C4CC4)s2)n2c-3cc3cc(-c4cnc(C5CCCN5)[nH]4)ccc32)CN1)C(C)C. The Bertz CT molecular complexity index is 2410. The van der Waals surface area contributed by atoms with Gasteiger partial charge in [-0.05, 0) is 81.3 Å². The van der Waals surface area contributed by atoms with E-state index in [9.17, 15) is 9.59 Å². The highest BCUT2D eigenvalue weighted by molar-refractivity contribution is 7.11. The lowest BCUT2D eigenvalue weighted by Gasteiger charge is -2.32. The molecule has 1 saturated carbocycles. The summed E-state index contributed by atoms with van der Waals surface area (Å²) in [5, 5.41) is 11.8. The molecule has 0 spiro atoms. The summed E-state index contributed by atoms with van der Waals surface area (Å²) < 4.78 is 30.4. The number of hydrogen-bond acceptors (Lipinski definition) is 10. The predicted octanol–water partition coefficient (Wildman–Crippen LogP) is 6.63. The highest BCUT2D eigenvalue weighted by Gasteiger charge is 2.41. The summed E-state index contributed by atoms with van der Waals surface area (Å²) >= 11 is 1.67. The molecule has 5 aromatic rings. The number of benzene rings is 2. The largest absolute Gasteiger partial charge is 0.464 e. The van der Waals surface area contributed by atoms with Gasteiger partial charge in [-0.3, -0.25) is 19.7 Å². The van der Waals surface area contributed by atoms with Crippen LogP contribution in [-0.4, -0.2) is 87.1 Å². The molecule has 15 heteroatoms. The number of thiazole rings is 1. The summed E-state index contributed by atoms with van der Waals surface area (Å²) in [5.41, 5.74) is 5.37. The van der Waals surface area contributed by atoms with Crippen molar-refractivity contribution in [3.63, 3.8) is 0 Å². The van der Waals surface area contributed by atoms with E-state index in [4.69, 9.17) is 24.4 Å². The van der Waals surface area contributed by atoms with Crippen LogP contribution in [0.2, 0.25) is 0 Å². The molecule has 4 aliphatic heterocycles. The lowest BCUT2D eigenvalue weighted by molar-refractivity contribution is -0.135. The third kappa shape index (κ3) is 6.49. The van der Waals surface area contributed by atoms with Gasteiger partial charge in [0.25, 0.3) is 0 Å². The molecule has 3 aromatic heterocycles. The molecule has 13 nitrogen and oxygen atoms in total. The van der Waals surface area contributed by atoms with E-state index in [0.29, 0.717) is 41.6 Å². The van der Waals surface area contributed by atoms with Crippen molar-refractivity contribution in [2.45, 2.75) is 88.8 Å². The number of likely N-dealkylation sites (tertiary alicyclic amines) is 1. The van der Waals surface area contributed by atoms with Gasteiger partial charge in [0.1, 0.15) is 29.6 Å². The second-order valence-corrected chi connectivity index (χ2v) is 17.3. The molecule has 296 valence electrons. The molecule has 1 aliphatic carbocycles. The molecular weight excluding hydrogens is 746 g/mol. The van der Waals surface area contributed by atoms with Crippen molar-refractivity contribution in [1.29, 1.82) is 0 Å². The summed E-state index contributed by atoms with van der Waals surface area (Å²) in [6, 6.07) is 11.1. The second-order valence-electron chi connectivity index (χ2n) is 16.2. The standard InChI is InChI=1S/C42H46FN9O4S/c1-21(2)36(50-42(54)55-3)40(53)51-13-5-7-31(51)38-46-19-29(49-38)24-15-26(43)35-32-16-25-14-23(28-18-45-37(48-28)27-6-4-12-44-27)10-11-30(25)52(32)41(56-33(35)17-24)34-20-47-39(57-34)22-8-9-22/h10-11,14-18,20-22,27,31,36,38,41,44,46H,4-9,12-13,19H2,1-3H3,(H,45,48)(H,50,54). The summed E-state index contributed by atoms with van der Waals surface area (Å²) in [6.45, 7) is 5.77. The van der Waals surface area contributed by atoms with Gasteiger partial charge >= 0.3 is 6.09 Å². The number of nitrogens with zero attached hydrogens (tertiary/aromatic N) is 5. The molecule has 2 aromatic carbocycles. The van der Waals surface area contributed by atoms with Gasteiger partial charge in [-0.2, -0.15) is 0 Å². The summed E-state index contributed by atoms with van der Waals surface area (Å²) in [4.78, 5) is 46.7. The molecule has 7 heterocycles. The van der Waals surface area contributed by atoms with E-state index in [2.05, 4.69) is 49.8 Å². The van der Waals surface area contributed by atoms with Crippen LogP contribution in [0, 0.1) is 11.7 Å². The minimum atomic E-state index is -0.721. The monoisotopic (exact) mass is 791 g/mol. The zero-order valence-electron chi connectivity index (χ0n) is 32.2. The van der Waals surface area contributed by atoms with Crippen molar-refractivity contribution in [2.75, 3.05) is 26.7 Å². The fourth-order valence-corrected chi connectivity index (χ4v) is 10.0. The number of rotatable bonds is 9. The number of aliphatic imine (C=N–C) groups is 1. The molecule has 5 atom stereocenters. The van der Waals surface area contributed by atoms with Crippen molar-refractivity contribution in [1.82, 2.24) is 40.4 Å². The number of hydrogen-bond donors (Lipinski definition) is 4. The Balaban J connectivity index is 0.986. The predicted molar refractivity (Wildman–Crippen MR) is 215 cm³/mol. The number of amides is 2. The topological polar surface area (TPSA) is 151 Å². The number of fused-ring (bicyclic) bond motifs is 5. The Morgan fingerprint density at radius 1 is 1.04 bits per heavy atom. The molecule has 3 fully saturated rings. The van der Waals surface area contributed by atoms with Gasteiger partial charge in [0, 0.05) is 41.7 Å². The molecule has 10 rings (SSSR count). The summed E-state index contributed by atoms with van der Waals surface area (Å²) in [5.74, 6) is 1.21. The first-order valence-corrected chi connectivity index (χ1v) is 20.9. The molecule has 5 unspecified atom stereocenters. The van der Waals surface area contributed by atoms with Crippen LogP contribution in [-0.2, 0) is 9.53 Å². The lowest BCUT2D eigenvalue weighted by Crippen LogP contribution is -2.55. The van der Waals surface area contributed by atoms with Gasteiger partial charge in [0.15, 0.2) is 0 Å². The third-order valence-electron chi connectivity index (χ3n) is 12.1. The summed E-state index contributed by atoms with van der Waals surface area (Å²) in [7, 11) is 1.29. The zero-order valence-corrected chi connectivity index (χ0v) is 33.0. The second kappa shape index (κ2) is 14.4. The number of carbonyl (C=O) groups is 2. The van der Waals surface area contributed by atoms with E-state index in [0.717, 1.165) is 88.6 Å². The van der Waals surface area contributed by atoms with Crippen molar-refractivity contribution in [3.8, 4) is 28.3 Å². The van der Waals surface area contributed by atoms with E-state index in [1.807, 2.05) is 37.2 Å². The van der Waals surface area contributed by atoms with E-state index in [1.165, 1.54) is 7.11 Å². The Morgan fingerprint density at radius 3 is 2.70 bits per heavy atom. The average Bonchev–Trinajstić information content (AvgIpc) is 3.94. The zero-order chi connectivity index (χ0) is 38.9. The molecule has 5 aliphatic rings. The van der Waals surface area contributed by atoms with Crippen molar-refractivity contribution in [2.24, 2.45) is 10.9 Å². The number of imidazole rings is 1. The smallest absolute Gasteiger partial charge is 0.407 e. The maximum atomic E-state index is 16.7. The fourth-order valence-electron chi connectivity index (χ4n) is 8.94. The van der Waals surface area contributed by atoms with Crippen LogP contribution in [0.15, 0.2) is 53.8 Å². The van der Waals surface area contributed by atoms with Gasteiger partial charge in [-0.1, -0.05) is 19.9 Å². The number of nitrogens with one attached hydrogen (secondary N) is 4. The number of aromatic amines is 1. The number of halogens is 1. The van der Waals surface area contributed by atoms with E-state index in [1.54, 1.807) is 17.4 Å². The Kier molecular flexibility index (Phi) is 9.13. The Morgan fingerprint density at radius 2 is 1.91 bits per heavy atom. The number of aromatic nitrogens is 4. The maximum absolute atomic E-state index is 16.7. The van der Waals surface area contributed by atoms with Gasteiger partial charge < -0.3 is 30.0 Å². The lowest BCUT2D eigenvalue weighted by atomic mass is 10.0. The first kappa shape index (κ1) is 36.2. The highest BCUT2D eigenvalue weighted by atomic mass is 32.1. The van der Waals surface area contributed by atoms with Gasteiger partial charge in [0.2, 0.25) is 12.1 Å². The molecule has 0 bridgehead atoms. The van der Waals surface area contributed by atoms with Crippen molar-refractivity contribution >= 4 is 40.0 Å². The number of alkyl carbamates (subject to hydrolysis) is 1. The van der Waals surface area contributed by atoms with Crippen LogP contribution in [0.5, 0.6) is 5.75 Å². The van der Waals surface area contributed by atoms with Crippen molar-refractivity contribution < 1.29 is 23.5 Å². The molecule has 2 amide bonds. The summed E-state index contributed by atoms with van der Waals surface area (Å²) in [6.07, 6.45) is 8.33. The van der Waals surface area contributed by atoms with Gasteiger partial charge in [-0.15, -0.1) is 11.3 Å². The minimum Gasteiger partial charge on any atom is -0.464 e. The first-order chi connectivity index (χ1) is 27.7. The number of carbonyl (C=O) groups excluding carboxylic acids is 2. The van der Waals surface area contributed by atoms with Crippen LogP contribution < -0.4 is 20.7 Å². The Labute approximate surface area is 333 Å². The van der Waals surface area contributed by atoms with Crippen LogP contribution in [0.3, 0.4) is 0 Å². The molecule has 4 N–H and O–H groups in total. The minimum absolute atomic E-state index is 0.134. The first-order valence-electron chi connectivity index (χ1n) is 20.1. The van der Waals surface area contributed by atoms with Crippen LogP contribution in [0.4, 0.5) is 9.18 Å². The third-order valence-corrected chi connectivity index (χ3v) is 13.3. The van der Waals surface area contributed by atoms with E-state index in [-0.39, 0.29) is 30.1 Å². The number of methoxy groups -OCH3 is 1. The average molecular weight is 792 g/mol. The van der Waals surface area contributed by atoms with Crippen LogP contribution >= 0.6 is 11.3 Å². The maximum Gasteiger partial charge on any atom is 0.407 e. The van der Waals surface area contributed by atoms with Crippen LogP contribution in [0.25, 0.3) is 33.4 Å². The molecule has 0 radical (unpaired) electrons. The fraction of sp³-hybridized carbons (Fsp3) is 0.452. The quantitative estimate of drug-likeness (QED) is 0.130. The normalized spacial score (nSPS) is 23.4. The number of ether oxygens (including phenoxy) is 2. The molecule has 57 heavy (non-hydrogen) atoms. The molecular formula is C42H46FN9O4S. The Hall–Kier alpha value is -5.12. The highest BCUT2D eigenvalue weighted by Crippen LogP contribution is 2.49.